The number of nitrogens with zero attached hydrogens (tertiary/aromatic N) is 1. The van der Waals surface area contributed by atoms with Gasteiger partial charge in [0.2, 0.25) is 5.91 Å². The summed E-state index contributed by atoms with van der Waals surface area (Å²) in [6.07, 6.45) is 3.88. The van der Waals surface area contributed by atoms with E-state index in [1.165, 1.54) is 16.3 Å². The fourth-order valence-electron chi connectivity index (χ4n) is 4.50. The maximum absolute atomic E-state index is 13.3. The quantitative estimate of drug-likeness (QED) is 0.529. The molecule has 2 aliphatic rings. The Bertz CT molecular complexity index is 1050. The van der Waals surface area contributed by atoms with Gasteiger partial charge < -0.3 is 10.2 Å². The van der Waals surface area contributed by atoms with Crippen molar-refractivity contribution >= 4 is 26.2 Å². The molecule has 2 radical (unpaired) electrons. The summed E-state index contributed by atoms with van der Waals surface area (Å²) in [4.78, 5) is 16.3. The van der Waals surface area contributed by atoms with Gasteiger partial charge in [-0.15, -0.1) is 0 Å². The molecule has 0 spiro atoms. The normalized spacial score (nSPS) is 20.6. The van der Waals surface area contributed by atoms with E-state index in [0.29, 0.717) is 28.2 Å². The number of hydrogen-bond donors (Lipinski definition) is 1. The Morgan fingerprint density at radius 3 is 2.76 bits per heavy atom. The summed E-state index contributed by atoms with van der Waals surface area (Å²) in [5.41, 5.74) is 5.68. The molecule has 2 atom stereocenters. The Labute approximate surface area is 204 Å². The first-order chi connectivity index (χ1) is 15.8. The van der Waals surface area contributed by atoms with Crippen LogP contribution in [0.1, 0.15) is 52.0 Å². The van der Waals surface area contributed by atoms with Crippen LogP contribution >= 0.6 is 0 Å². The van der Waals surface area contributed by atoms with Crippen molar-refractivity contribution in [3.63, 3.8) is 0 Å². The van der Waals surface area contributed by atoms with Gasteiger partial charge in [0.15, 0.2) is 0 Å². The second kappa shape index (κ2) is 11.4. The molecule has 3 rings (SSSR count). The first kappa shape index (κ1) is 25.6. The minimum absolute atomic E-state index is 0.0326. The van der Waals surface area contributed by atoms with Crippen LogP contribution < -0.4 is 5.32 Å². The van der Waals surface area contributed by atoms with E-state index in [1.54, 1.807) is 0 Å². The first-order valence-corrected chi connectivity index (χ1v) is 14.2. The van der Waals surface area contributed by atoms with Crippen LogP contribution in [-0.2, 0) is 15.6 Å². The van der Waals surface area contributed by atoms with E-state index in [9.17, 15) is 9.00 Å². The van der Waals surface area contributed by atoms with Crippen LogP contribution in [0.25, 0.3) is 0 Å². The van der Waals surface area contributed by atoms with E-state index in [-0.39, 0.29) is 11.8 Å². The molecule has 1 amide bonds. The number of hydrogen-bond acceptors (Lipinski definition) is 3. The molecule has 0 saturated heterocycles. The predicted molar refractivity (Wildman–Crippen MR) is 140 cm³/mol. The minimum Gasteiger partial charge on any atom is -0.351 e. The summed E-state index contributed by atoms with van der Waals surface area (Å²) >= 11 is 0. The molecule has 0 aromatic heterocycles. The van der Waals surface area contributed by atoms with E-state index in [1.807, 2.05) is 19.1 Å². The Morgan fingerprint density at radius 2 is 2.09 bits per heavy atom. The van der Waals surface area contributed by atoms with E-state index in [2.05, 4.69) is 62.8 Å². The third kappa shape index (κ3) is 5.56. The zero-order valence-corrected chi connectivity index (χ0v) is 22.4. The smallest absolute Gasteiger partial charge is 0.247 e. The topological polar surface area (TPSA) is 49.4 Å². The molecule has 1 aliphatic carbocycles. The number of rotatable bonds is 9. The first-order valence-electron chi connectivity index (χ1n) is 11.9. The summed E-state index contributed by atoms with van der Waals surface area (Å²) in [7, 11) is 1.55. The number of carbonyl (C=O) groups is 1. The number of likely N-dealkylation sites (N-methyl/N-ethyl adjacent to an activating group) is 1. The molecule has 4 nitrogen and oxygen atoms in total. The Morgan fingerprint density at radius 1 is 1.33 bits per heavy atom. The van der Waals surface area contributed by atoms with Crippen molar-refractivity contribution in [2.24, 2.45) is 0 Å². The van der Waals surface area contributed by atoms with Crippen LogP contribution in [-0.4, -0.2) is 57.0 Å². The van der Waals surface area contributed by atoms with E-state index in [4.69, 9.17) is 0 Å². The van der Waals surface area contributed by atoms with Gasteiger partial charge in [-0.25, -0.2) is 0 Å². The largest absolute Gasteiger partial charge is 0.351 e. The zero-order valence-electron chi connectivity index (χ0n) is 20.6. The van der Waals surface area contributed by atoms with E-state index < -0.39 is 10.8 Å². The lowest BCUT2D eigenvalue weighted by atomic mass is 9.76. The van der Waals surface area contributed by atoms with Gasteiger partial charge in [-0.1, -0.05) is 56.0 Å². The second-order valence-corrected chi connectivity index (χ2v) is 11.7. The van der Waals surface area contributed by atoms with Crippen molar-refractivity contribution in [1.29, 1.82) is 0 Å². The van der Waals surface area contributed by atoms with E-state index >= 15 is 0 Å². The monoisotopic (exact) mass is 480 g/mol. The fraction of sp³-hybridized carbons (Fsp3) is 0.444. The highest BCUT2D eigenvalue weighted by Gasteiger charge is 2.37. The number of allylic oxidation sites excluding steroid dienone is 6. The highest BCUT2D eigenvalue weighted by molar-refractivity contribution is 7.85. The second-order valence-electron chi connectivity index (χ2n) is 8.64. The molecule has 33 heavy (non-hydrogen) atoms. The van der Waals surface area contributed by atoms with Crippen LogP contribution in [0.2, 0.25) is 0 Å². The lowest BCUT2D eigenvalue weighted by molar-refractivity contribution is -0.117. The molecule has 1 N–H and O–H groups in total. The SMILES string of the molecule is C=C1[Si]C2=C(/C1=C/CC)C(c1cccc(S(=O)CC)c1)CC(C(=O)NCCN(C)CC)=C2C. The van der Waals surface area contributed by atoms with Crippen LogP contribution in [0.4, 0.5) is 0 Å². The molecule has 1 aromatic rings. The Hall–Kier alpha value is -2.02. The zero-order chi connectivity index (χ0) is 24.1. The molecule has 1 aromatic carbocycles. The molecular weight excluding hydrogens is 444 g/mol. The van der Waals surface area contributed by atoms with Gasteiger partial charge in [-0.2, -0.15) is 0 Å². The third-order valence-corrected chi connectivity index (χ3v) is 9.30. The molecule has 1 heterocycles. The maximum Gasteiger partial charge on any atom is 0.247 e. The van der Waals surface area contributed by atoms with Gasteiger partial charge in [0.1, 0.15) is 9.52 Å². The van der Waals surface area contributed by atoms with Gasteiger partial charge in [-0.3, -0.25) is 9.00 Å². The van der Waals surface area contributed by atoms with Crippen molar-refractivity contribution in [3.8, 4) is 0 Å². The van der Waals surface area contributed by atoms with Crippen molar-refractivity contribution in [3.05, 3.63) is 75.2 Å². The fourth-order valence-corrected chi connectivity index (χ4v) is 6.79. The molecule has 0 fully saturated rings. The average Bonchev–Trinajstić information content (AvgIpc) is 3.15. The van der Waals surface area contributed by atoms with Crippen molar-refractivity contribution in [1.82, 2.24) is 10.2 Å². The van der Waals surface area contributed by atoms with Crippen LogP contribution in [0.3, 0.4) is 0 Å². The van der Waals surface area contributed by atoms with Crippen molar-refractivity contribution < 1.29 is 9.00 Å². The number of benzene rings is 1. The third-order valence-electron chi connectivity index (χ3n) is 6.53. The summed E-state index contributed by atoms with van der Waals surface area (Å²) < 4.78 is 12.5. The summed E-state index contributed by atoms with van der Waals surface area (Å²) in [6.45, 7) is 15.1. The van der Waals surface area contributed by atoms with Gasteiger partial charge in [0, 0.05) is 35.2 Å². The molecule has 6 heteroatoms. The maximum atomic E-state index is 13.3. The molecule has 2 unspecified atom stereocenters. The lowest BCUT2D eigenvalue weighted by Gasteiger charge is -2.29. The van der Waals surface area contributed by atoms with Gasteiger partial charge in [-0.05, 0) is 67.8 Å². The Balaban J connectivity index is 2.02. The standard InChI is InChI=1S/C27H36N2O2SSi/c1-7-11-22-19(5)33-26-18(4)23(27(30)28-14-15-29(6)8-2)17-24(25(22)26)20-12-10-13-21(16-20)32(31)9-3/h10-13,16,24H,5,7-9,14-15,17H2,1-4,6H3,(H,28,30)/b22-11+. The van der Waals surface area contributed by atoms with Crippen molar-refractivity contribution in [2.45, 2.75) is 51.3 Å². The molecule has 0 saturated carbocycles. The summed E-state index contributed by atoms with van der Waals surface area (Å²) in [6, 6.07) is 8.14. The highest BCUT2D eigenvalue weighted by atomic mass is 32.2. The lowest BCUT2D eigenvalue weighted by Crippen LogP contribution is -2.35. The summed E-state index contributed by atoms with van der Waals surface area (Å²) in [5, 5.41) is 5.57. The van der Waals surface area contributed by atoms with E-state index in [0.717, 1.165) is 46.3 Å². The van der Waals surface area contributed by atoms with Crippen molar-refractivity contribution in [2.75, 3.05) is 32.4 Å². The predicted octanol–water partition coefficient (Wildman–Crippen LogP) is 4.51. The summed E-state index contributed by atoms with van der Waals surface area (Å²) in [5.74, 6) is 0.700. The van der Waals surface area contributed by atoms with Crippen LogP contribution in [0.15, 0.2) is 74.5 Å². The van der Waals surface area contributed by atoms with Gasteiger partial charge in [0.25, 0.3) is 0 Å². The minimum atomic E-state index is -1.01. The number of amides is 1. The van der Waals surface area contributed by atoms with Crippen LogP contribution in [0, 0.1) is 0 Å². The number of nitrogens with one attached hydrogen (secondary N) is 1. The van der Waals surface area contributed by atoms with Crippen LogP contribution in [0.5, 0.6) is 0 Å². The van der Waals surface area contributed by atoms with Gasteiger partial charge in [0.05, 0.1) is 10.8 Å². The molecule has 1 aliphatic heterocycles. The molecule has 176 valence electrons. The Kier molecular flexibility index (Phi) is 8.85. The van der Waals surface area contributed by atoms with Gasteiger partial charge >= 0.3 is 0 Å². The number of carbonyl (C=O) groups excluding carboxylic acids is 1. The molecule has 0 bridgehead atoms. The average molecular weight is 481 g/mol. The molecular formula is C27H36N2O2SSi. The highest BCUT2D eigenvalue weighted by Crippen LogP contribution is 2.49.